The minimum Gasteiger partial charge on any atom is -0.489 e. The van der Waals surface area contributed by atoms with Crippen molar-refractivity contribution in [3.05, 3.63) is 63.1 Å². The number of rotatable bonds is 4. The zero-order valence-corrected chi connectivity index (χ0v) is 14.3. The van der Waals surface area contributed by atoms with Gasteiger partial charge in [0.25, 0.3) is 0 Å². The van der Waals surface area contributed by atoms with E-state index in [2.05, 4.69) is 56.1 Å². The Labute approximate surface area is 136 Å². The topological polar surface area (TPSA) is 9.23 Å². The van der Waals surface area contributed by atoms with Crippen LogP contribution < -0.4 is 4.74 Å². The molecular weight excluding hydrogens is 380 g/mol. The number of ether oxygens (including phenoxy) is 1. The summed E-state index contributed by atoms with van der Waals surface area (Å²) in [5.74, 6) is 0.950. The highest BCUT2D eigenvalue weighted by Gasteiger charge is 2.11. The first-order valence-electron chi connectivity index (χ1n) is 6.84. The van der Waals surface area contributed by atoms with Crippen molar-refractivity contribution in [3.63, 3.8) is 0 Å². The summed E-state index contributed by atoms with van der Waals surface area (Å²) in [6.45, 7) is 0.634. The molecule has 0 spiro atoms. The van der Waals surface area contributed by atoms with Crippen LogP contribution in [0.15, 0.2) is 40.9 Å². The third-order valence-electron chi connectivity index (χ3n) is 3.72. The zero-order valence-electron chi connectivity index (χ0n) is 11.2. The maximum Gasteiger partial charge on any atom is 0.123 e. The fourth-order valence-electron chi connectivity index (χ4n) is 2.67. The van der Waals surface area contributed by atoms with Crippen molar-refractivity contribution in [2.75, 3.05) is 0 Å². The summed E-state index contributed by atoms with van der Waals surface area (Å²) in [6, 6.07) is 12.9. The number of hydrogen-bond acceptors (Lipinski definition) is 1. The molecule has 0 saturated heterocycles. The van der Waals surface area contributed by atoms with Crippen LogP contribution >= 0.6 is 31.9 Å². The van der Waals surface area contributed by atoms with Gasteiger partial charge in [-0.15, -0.1) is 0 Å². The molecule has 0 aliphatic heterocycles. The van der Waals surface area contributed by atoms with Crippen molar-refractivity contribution < 1.29 is 4.74 Å². The van der Waals surface area contributed by atoms with E-state index in [4.69, 9.17) is 4.74 Å². The highest BCUT2D eigenvalue weighted by atomic mass is 79.9. The maximum absolute atomic E-state index is 5.98. The molecule has 1 aliphatic rings. The predicted molar refractivity (Wildman–Crippen MR) is 89.6 cm³/mol. The summed E-state index contributed by atoms with van der Waals surface area (Å²) < 4.78 is 7.06. The molecule has 0 saturated carbocycles. The van der Waals surface area contributed by atoms with Crippen LogP contribution in [0.4, 0.5) is 0 Å². The molecule has 2 aromatic rings. The fraction of sp³-hybridized carbons (Fsp3) is 0.294. The number of alkyl halides is 1. The average Bonchev–Trinajstić information content (AvgIpc) is 2.93. The first kappa shape index (κ1) is 14.2. The van der Waals surface area contributed by atoms with Gasteiger partial charge in [-0.1, -0.05) is 50.1 Å². The van der Waals surface area contributed by atoms with Gasteiger partial charge in [-0.25, -0.2) is 0 Å². The quantitative estimate of drug-likeness (QED) is 0.628. The van der Waals surface area contributed by atoms with E-state index < -0.39 is 0 Å². The van der Waals surface area contributed by atoms with Gasteiger partial charge in [-0.05, 0) is 54.2 Å². The molecule has 104 valence electrons. The smallest absolute Gasteiger partial charge is 0.123 e. The van der Waals surface area contributed by atoms with Gasteiger partial charge in [0, 0.05) is 15.4 Å². The lowest BCUT2D eigenvalue weighted by Gasteiger charge is -2.11. The Balaban J connectivity index is 1.73. The summed E-state index contributed by atoms with van der Waals surface area (Å²) >= 11 is 7.00. The van der Waals surface area contributed by atoms with Crippen molar-refractivity contribution in [3.8, 4) is 5.75 Å². The summed E-state index contributed by atoms with van der Waals surface area (Å²) in [4.78, 5) is 0. The molecule has 0 atom stereocenters. The number of hydrogen-bond donors (Lipinski definition) is 0. The van der Waals surface area contributed by atoms with Gasteiger partial charge in [0.2, 0.25) is 0 Å². The normalized spacial score (nSPS) is 13.3. The van der Waals surface area contributed by atoms with Gasteiger partial charge in [0.1, 0.15) is 12.4 Å². The second kappa shape index (κ2) is 6.31. The van der Waals surface area contributed by atoms with Crippen LogP contribution in [0.2, 0.25) is 0 Å². The monoisotopic (exact) mass is 394 g/mol. The number of fused-ring (bicyclic) bond motifs is 1. The molecule has 0 aromatic heterocycles. The zero-order chi connectivity index (χ0) is 13.9. The minimum absolute atomic E-state index is 0.634. The maximum atomic E-state index is 5.98. The molecule has 1 nitrogen and oxygen atoms in total. The Morgan fingerprint density at radius 2 is 1.85 bits per heavy atom. The van der Waals surface area contributed by atoms with E-state index in [1.54, 1.807) is 0 Å². The molecule has 20 heavy (non-hydrogen) atoms. The van der Waals surface area contributed by atoms with Gasteiger partial charge in [-0.3, -0.25) is 0 Å². The first-order chi connectivity index (χ1) is 9.76. The highest BCUT2D eigenvalue weighted by Crippen LogP contribution is 2.27. The highest BCUT2D eigenvalue weighted by molar-refractivity contribution is 9.10. The molecule has 0 radical (unpaired) electrons. The van der Waals surface area contributed by atoms with Crippen LogP contribution in [0, 0.1) is 0 Å². The van der Waals surface area contributed by atoms with Crippen molar-refractivity contribution in [2.45, 2.75) is 31.2 Å². The molecule has 0 bridgehead atoms. The number of halogens is 2. The van der Waals surface area contributed by atoms with E-state index in [-0.39, 0.29) is 0 Å². The van der Waals surface area contributed by atoms with Gasteiger partial charge in [-0.2, -0.15) is 0 Å². The van der Waals surface area contributed by atoms with Crippen molar-refractivity contribution in [1.82, 2.24) is 0 Å². The average molecular weight is 396 g/mol. The van der Waals surface area contributed by atoms with Crippen LogP contribution in [0.3, 0.4) is 0 Å². The lowest BCUT2D eigenvalue weighted by Crippen LogP contribution is -1.99. The summed E-state index contributed by atoms with van der Waals surface area (Å²) in [7, 11) is 0. The lowest BCUT2D eigenvalue weighted by molar-refractivity contribution is 0.304. The molecule has 0 N–H and O–H groups in total. The molecule has 3 rings (SSSR count). The molecule has 0 unspecified atom stereocenters. The van der Waals surface area contributed by atoms with Gasteiger partial charge < -0.3 is 4.74 Å². The third kappa shape index (κ3) is 3.09. The van der Waals surface area contributed by atoms with E-state index in [0.29, 0.717) is 6.61 Å². The SMILES string of the molecule is BrCc1cc(Br)ccc1OCc1ccc2c(c1)CCC2. The van der Waals surface area contributed by atoms with E-state index in [1.807, 2.05) is 12.1 Å². The molecule has 3 heteroatoms. The van der Waals surface area contributed by atoms with E-state index in [1.165, 1.54) is 41.5 Å². The largest absolute Gasteiger partial charge is 0.489 e. The van der Waals surface area contributed by atoms with E-state index >= 15 is 0 Å². The Morgan fingerprint density at radius 3 is 2.70 bits per heavy atom. The van der Waals surface area contributed by atoms with Crippen molar-refractivity contribution in [2.24, 2.45) is 0 Å². The van der Waals surface area contributed by atoms with Crippen LogP contribution in [-0.2, 0) is 24.8 Å². The Morgan fingerprint density at radius 1 is 1.00 bits per heavy atom. The van der Waals surface area contributed by atoms with Crippen LogP contribution in [0.1, 0.15) is 28.7 Å². The first-order valence-corrected chi connectivity index (χ1v) is 8.75. The molecule has 1 aliphatic carbocycles. The standard InChI is InChI=1S/C17H16Br2O/c18-10-15-9-16(19)6-7-17(15)20-11-12-4-5-13-2-1-3-14(13)8-12/h4-9H,1-3,10-11H2. The molecule has 0 fully saturated rings. The van der Waals surface area contributed by atoms with Crippen molar-refractivity contribution in [1.29, 1.82) is 0 Å². The van der Waals surface area contributed by atoms with Crippen LogP contribution in [0.25, 0.3) is 0 Å². The Hall–Kier alpha value is -0.800. The van der Waals surface area contributed by atoms with Crippen LogP contribution in [0.5, 0.6) is 5.75 Å². The summed E-state index contributed by atoms with van der Waals surface area (Å²) in [5, 5.41) is 0.798. The van der Waals surface area contributed by atoms with E-state index in [0.717, 1.165) is 15.6 Å². The van der Waals surface area contributed by atoms with Crippen molar-refractivity contribution >= 4 is 31.9 Å². The second-order valence-electron chi connectivity index (χ2n) is 5.13. The number of benzene rings is 2. The Bertz CT molecular complexity index is 622. The lowest BCUT2D eigenvalue weighted by atomic mass is 10.1. The number of aryl methyl sites for hydroxylation is 2. The summed E-state index contributed by atoms with van der Waals surface area (Å²) in [6.07, 6.45) is 3.74. The third-order valence-corrected chi connectivity index (χ3v) is 4.82. The Kier molecular flexibility index (Phi) is 4.47. The second-order valence-corrected chi connectivity index (χ2v) is 6.61. The van der Waals surface area contributed by atoms with Gasteiger partial charge >= 0.3 is 0 Å². The molecule has 0 amide bonds. The molecule has 0 heterocycles. The molecular formula is C17H16Br2O. The fourth-order valence-corrected chi connectivity index (χ4v) is 3.52. The van der Waals surface area contributed by atoms with Crippen LogP contribution in [-0.4, -0.2) is 0 Å². The summed E-state index contributed by atoms with van der Waals surface area (Å²) in [5.41, 5.74) is 5.44. The van der Waals surface area contributed by atoms with Gasteiger partial charge in [0.15, 0.2) is 0 Å². The van der Waals surface area contributed by atoms with E-state index in [9.17, 15) is 0 Å². The predicted octanol–water partition coefficient (Wildman–Crippen LogP) is 5.41. The minimum atomic E-state index is 0.634. The van der Waals surface area contributed by atoms with Gasteiger partial charge in [0.05, 0.1) is 0 Å². The molecule has 2 aromatic carbocycles.